The fourth-order valence-electron chi connectivity index (χ4n) is 3.52. The standard InChI is InChI=1S/C22H18ClN3O3S/c1-11-7-8-14(10-15(11)23)26-18(16-6-4-5-9-24-16)17(20(28)22(26)29)19(27)21-12(2)25-13(3)30-21/h4-10,18,28H,1-3H3. The maximum Gasteiger partial charge on any atom is 0.294 e. The van der Waals surface area contributed by atoms with E-state index in [2.05, 4.69) is 9.97 Å². The molecule has 0 radical (unpaired) electrons. The van der Waals surface area contributed by atoms with E-state index in [9.17, 15) is 14.7 Å². The molecule has 6 nitrogen and oxygen atoms in total. The second-order valence-corrected chi connectivity index (χ2v) is 8.62. The molecule has 0 spiro atoms. The van der Waals surface area contributed by atoms with Gasteiger partial charge in [-0.15, -0.1) is 11.3 Å². The molecule has 1 atom stereocenters. The molecular weight excluding hydrogens is 422 g/mol. The maximum atomic E-state index is 13.4. The van der Waals surface area contributed by atoms with Crippen molar-refractivity contribution in [3.8, 4) is 0 Å². The molecular formula is C22H18ClN3O3S. The minimum Gasteiger partial charge on any atom is -0.503 e. The van der Waals surface area contributed by atoms with Crippen molar-refractivity contribution < 1.29 is 14.7 Å². The van der Waals surface area contributed by atoms with E-state index in [-0.39, 0.29) is 5.57 Å². The number of aromatic nitrogens is 2. The highest BCUT2D eigenvalue weighted by molar-refractivity contribution is 7.14. The number of pyridine rings is 1. The quantitative estimate of drug-likeness (QED) is 0.584. The Bertz CT molecular complexity index is 1200. The number of thiazole rings is 1. The number of hydrogen-bond acceptors (Lipinski definition) is 6. The molecule has 0 saturated carbocycles. The van der Waals surface area contributed by atoms with E-state index in [1.54, 1.807) is 56.4 Å². The number of hydrogen-bond donors (Lipinski definition) is 1. The Labute approximate surface area is 182 Å². The summed E-state index contributed by atoms with van der Waals surface area (Å²) in [5, 5.41) is 12.0. The number of rotatable bonds is 4. The van der Waals surface area contributed by atoms with Crippen LogP contribution < -0.4 is 4.90 Å². The van der Waals surface area contributed by atoms with E-state index in [4.69, 9.17) is 11.6 Å². The van der Waals surface area contributed by atoms with Gasteiger partial charge >= 0.3 is 0 Å². The third-order valence-electron chi connectivity index (χ3n) is 4.96. The second kappa shape index (κ2) is 7.66. The van der Waals surface area contributed by atoms with Gasteiger partial charge in [0.05, 0.1) is 26.8 Å². The zero-order valence-electron chi connectivity index (χ0n) is 16.5. The summed E-state index contributed by atoms with van der Waals surface area (Å²) in [5.74, 6) is -1.69. The van der Waals surface area contributed by atoms with Gasteiger partial charge in [0.25, 0.3) is 5.91 Å². The van der Waals surface area contributed by atoms with Crippen LogP contribution in [0.25, 0.3) is 0 Å². The number of nitrogens with zero attached hydrogens (tertiary/aromatic N) is 3. The first-order chi connectivity index (χ1) is 14.3. The van der Waals surface area contributed by atoms with E-state index in [1.165, 1.54) is 16.2 Å². The highest BCUT2D eigenvalue weighted by Crippen LogP contribution is 2.42. The van der Waals surface area contributed by atoms with Crippen LogP contribution in [0.15, 0.2) is 53.9 Å². The van der Waals surface area contributed by atoms with Crippen molar-refractivity contribution in [3.63, 3.8) is 0 Å². The van der Waals surface area contributed by atoms with Gasteiger partial charge in [0.2, 0.25) is 5.78 Å². The van der Waals surface area contributed by atoms with Gasteiger partial charge in [0.15, 0.2) is 5.76 Å². The molecule has 0 aliphatic carbocycles. The first-order valence-electron chi connectivity index (χ1n) is 9.22. The summed E-state index contributed by atoms with van der Waals surface area (Å²) in [6.45, 7) is 5.39. The predicted molar refractivity (Wildman–Crippen MR) is 116 cm³/mol. The smallest absolute Gasteiger partial charge is 0.294 e. The van der Waals surface area contributed by atoms with Crippen molar-refractivity contribution >= 4 is 40.3 Å². The number of aryl methyl sites for hydroxylation is 3. The molecule has 4 rings (SSSR count). The normalized spacial score (nSPS) is 16.5. The minimum absolute atomic E-state index is 0.0119. The van der Waals surface area contributed by atoms with Gasteiger partial charge in [0, 0.05) is 16.9 Å². The lowest BCUT2D eigenvalue weighted by Crippen LogP contribution is -2.31. The summed E-state index contributed by atoms with van der Waals surface area (Å²) in [5.41, 5.74) is 2.34. The van der Waals surface area contributed by atoms with Crippen LogP contribution in [-0.2, 0) is 4.79 Å². The van der Waals surface area contributed by atoms with Gasteiger partial charge in [-0.25, -0.2) is 4.98 Å². The number of halogens is 1. The van der Waals surface area contributed by atoms with Gasteiger partial charge in [-0.05, 0) is 50.6 Å². The lowest BCUT2D eigenvalue weighted by Gasteiger charge is -2.26. The average Bonchev–Trinajstić information content (AvgIpc) is 3.20. The number of benzene rings is 1. The minimum atomic E-state index is -0.883. The molecule has 2 aromatic heterocycles. The van der Waals surface area contributed by atoms with Crippen molar-refractivity contribution in [2.45, 2.75) is 26.8 Å². The van der Waals surface area contributed by atoms with Crippen molar-refractivity contribution in [1.29, 1.82) is 0 Å². The summed E-state index contributed by atoms with van der Waals surface area (Å²) < 4.78 is 0. The van der Waals surface area contributed by atoms with Crippen LogP contribution in [0.5, 0.6) is 0 Å². The zero-order chi connectivity index (χ0) is 21.6. The summed E-state index contributed by atoms with van der Waals surface area (Å²) in [6, 6.07) is 9.52. The fourth-order valence-corrected chi connectivity index (χ4v) is 4.57. The Morgan fingerprint density at radius 3 is 2.57 bits per heavy atom. The van der Waals surface area contributed by atoms with Crippen LogP contribution in [-0.4, -0.2) is 26.8 Å². The fraction of sp³-hybridized carbons (Fsp3) is 0.182. The van der Waals surface area contributed by atoms with Crippen LogP contribution in [0.3, 0.4) is 0 Å². The number of ketones is 1. The summed E-state index contributed by atoms with van der Waals surface area (Å²) in [6.07, 6.45) is 1.58. The van der Waals surface area contributed by atoms with Crippen LogP contribution >= 0.6 is 22.9 Å². The van der Waals surface area contributed by atoms with Gasteiger partial charge < -0.3 is 5.11 Å². The lowest BCUT2D eigenvalue weighted by molar-refractivity contribution is -0.117. The van der Waals surface area contributed by atoms with Crippen molar-refractivity contribution in [2.75, 3.05) is 4.90 Å². The molecule has 30 heavy (non-hydrogen) atoms. The Morgan fingerprint density at radius 1 is 1.20 bits per heavy atom. The second-order valence-electron chi connectivity index (χ2n) is 7.00. The zero-order valence-corrected chi connectivity index (χ0v) is 18.1. The first-order valence-corrected chi connectivity index (χ1v) is 10.4. The highest BCUT2D eigenvalue weighted by atomic mass is 35.5. The molecule has 0 fully saturated rings. The van der Waals surface area contributed by atoms with E-state index in [1.807, 2.05) is 6.92 Å². The number of anilines is 1. The van der Waals surface area contributed by atoms with Gasteiger partial charge in [0.1, 0.15) is 6.04 Å². The molecule has 0 bridgehead atoms. The number of amides is 1. The molecule has 3 aromatic rings. The Kier molecular flexibility index (Phi) is 5.17. The highest BCUT2D eigenvalue weighted by Gasteiger charge is 2.46. The average molecular weight is 440 g/mol. The Morgan fingerprint density at radius 2 is 1.97 bits per heavy atom. The largest absolute Gasteiger partial charge is 0.503 e. The van der Waals surface area contributed by atoms with Crippen LogP contribution in [0.4, 0.5) is 5.69 Å². The number of Topliss-reactive ketones (excluding diaryl/α,β-unsaturated/α-hetero) is 1. The predicted octanol–water partition coefficient (Wildman–Crippen LogP) is 4.90. The van der Waals surface area contributed by atoms with Crippen LogP contribution in [0.1, 0.15) is 37.7 Å². The summed E-state index contributed by atoms with van der Waals surface area (Å²) >= 11 is 7.52. The third-order valence-corrected chi connectivity index (χ3v) is 6.44. The SMILES string of the molecule is Cc1nc(C)c(C(=O)C2=C(O)C(=O)N(c3ccc(C)c(Cl)c3)C2c2ccccn2)s1. The lowest BCUT2D eigenvalue weighted by atomic mass is 9.98. The number of carbonyl (C=O) groups is 2. The van der Waals surface area contributed by atoms with Gasteiger partial charge in [-0.2, -0.15) is 0 Å². The molecule has 152 valence electrons. The first kappa shape index (κ1) is 20.3. The number of carbonyl (C=O) groups excluding carboxylic acids is 2. The van der Waals surface area contributed by atoms with E-state index in [0.717, 1.165) is 10.6 Å². The Balaban J connectivity index is 1.90. The molecule has 1 aromatic carbocycles. The molecule has 1 N–H and O–H groups in total. The van der Waals surface area contributed by atoms with Crippen molar-refractivity contribution in [3.05, 3.63) is 85.8 Å². The maximum absolute atomic E-state index is 13.4. The Hall–Kier alpha value is -3.03. The topological polar surface area (TPSA) is 83.4 Å². The number of aliphatic hydroxyl groups is 1. The molecule has 1 unspecified atom stereocenters. The number of aliphatic hydroxyl groups excluding tert-OH is 1. The van der Waals surface area contributed by atoms with Crippen LogP contribution in [0, 0.1) is 20.8 Å². The molecule has 1 aliphatic rings. The third kappa shape index (κ3) is 3.30. The van der Waals surface area contributed by atoms with E-state index >= 15 is 0 Å². The molecule has 0 saturated heterocycles. The van der Waals surface area contributed by atoms with Crippen LogP contribution in [0.2, 0.25) is 5.02 Å². The molecule has 3 heterocycles. The van der Waals surface area contributed by atoms with Gasteiger partial charge in [-0.3, -0.25) is 19.5 Å². The van der Waals surface area contributed by atoms with E-state index in [0.29, 0.717) is 27.0 Å². The molecule has 1 aliphatic heterocycles. The monoisotopic (exact) mass is 439 g/mol. The van der Waals surface area contributed by atoms with Crippen molar-refractivity contribution in [1.82, 2.24) is 9.97 Å². The summed E-state index contributed by atoms with van der Waals surface area (Å²) in [4.78, 5) is 37.0. The molecule has 8 heteroatoms. The molecule has 1 amide bonds. The van der Waals surface area contributed by atoms with Gasteiger partial charge in [-0.1, -0.05) is 23.7 Å². The van der Waals surface area contributed by atoms with Crippen molar-refractivity contribution in [2.24, 2.45) is 0 Å². The summed E-state index contributed by atoms with van der Waals surface area (Å²) in [7, 11) is 0. The van der Waals surface area contributed by atoms with E-state index < -0.39 is 23.5 Å².